The monoisotopic (exact) mass is 488 g/mol. The van der Waals surface area contributed by atoms with E-state index in [1.807, 2.05) is 0 Å². The van der Waals surface area contributed by atoms with Gasteiger partial charge in [0.1, 0.15) is 0 Å². The number of halogens is 1. The van der Waals surface area contributed by atoms with Gasteiger partial charge in [-0.2, -0.15) is 0 Å². The van der Waals surface area contributed by atoms with E-state index in [1.54, 1.807) is 0 Å². The van der Waals surface area contributed by atoms with Gasteiger partial charge in [0.15, 0.2) is 0 Å². The molecule has 2 nitrogen and oxygen atoms in total. The minimum atomic E-state index is -0.401. The predicted molar refractivity (Wildman–Crippen MR) is 137 cm³/mol. The normalized spacial score (nSPS) is 28.2. The molecular formula is C27H29BrN2Si. The average Bonchev–Trinajstić information content (AvgIpc) is 2.85. The summed E-state index contributed by atoms with van der Waals surface area (Å²) in [5.74, 6) is 0.424. The highest BCUT2D eigenvalue weighted by Crippen LogP contribution is 2.33. The zero-order valence-corrected chi connectivity index (χ0v) is 20.7. The number of rotatable bonds is 4. The molecule has 31 heavy (non-hydrogen) atoms. The van der Waals surface area contributed by atoms with Gasteiger partial charge in [-0.1, -0.05) is 82.7 Å². The lowest BCUT2D eigenvalue weighted by molar-refractivity contribution is 0.635. The molecule has 158 valence electrons. The second kappa shape index (κ2) is 9.45. The zero-order chi connectivity index (χ0) is 21.0. The summed E-state index contributed by atoms with van der Waals surface area (Å²) in [5.41, 5.74) is 8.04. The molecule has 0 radical (unpaired) electrons. The van der Waals surface area contributed by atoms with Gasteiger partial charge in [-0.05, 0) is 59.2 Å². The van der Waals surface area contributed by atoms with Crippen LogP contribution < -0.4 is 10.6 Å². The fraction of sp³-hybridized carbons (Fsp3) is 0.259. The van der Waals surface area contributed by atoms with E-state index in [1.165, 1.54) is 40.8 Å². The highest BCUT2D eigenvalue weighted by molar-refractivity contribution is 9.10. The van der Waals surface area contributed by atoms with Crippen LogP contribution in [-0.4, -0.2) is 21.7 Å². The van der Waals surface area contributed by atoms with Gasteiger partial charge in [-0.15, -0.1) is 0 Å². The van der Waals surface area contributed by atoms with Crippen molar-refractivity contribution in [3.05, 3.63) is 118 Å². The Morgan fingerprint density at radius 1 is 0.935 bits per heavy atom. The Bertz CT molecular complexity index is 1040. The minimum absolute atomic E-state index is 0.401. The summed E-state index contributed by atoms with van der Waals surface area (Å²) in [6.45, 7) is 0.924. The van der Waals surface area contributed by atoms with Crippen LogP contribution in [0, 0.1) is 5.92 Å². The third kappa shape index (κ3) is 4.80. The molecule has 5 rings (SSSR count). The molecule has 0 amide bonds. The van der Waals surface area contributed by atoms with E-state index in [9.17, 15) is 0 Å². The van der Waals surface area contributed by atoms with Crippen molar-refractivity contribution in [1.82, 2.24) is 10.6 Å². The second-order valence-corrected chi connectivity index (χ2v) is 11.8. The summed E-state index contributed by atoms with van der Waals surface area (Å²) in [5, 5.41) is 7.29. The Morgan fingerprint density at radius 2 is 1.84 bits per heavy atom. The Hall–Kier alpha value is -2.30. The van der Waals surface area contributed by atoms with Crippen molar-refractivity contribution >= 4 is 25.4 Å². The molecule has 0 fully saturated rings. The fourth-order valence-corrected chi connectivity index (χ4v) is 7.48. The summed E-state index contributed by atoms with van der Waals surface area (Å²) in [6, 6.07) is 8.96. The maximum Gasteiger partial charge on any atom is 0.0657 e. The van der Waals surface area contributed by atoms with Crippen LogP contribution in [0.15, 0.2) is 112 Å². The molecule has 4 heteroatoms. The van der Waals surface area contributed by atoms with Crippen LogP contribution in [0.25, 0.3) is 0 Å². The number of nitrogens with one attached hydrogen (secondary N) is 2. The van der Waals surface area contributed by atoms with Gasteiger partial charge in [-0.3, -0.25) is 0 Å². The third-order valence-electron chi connectivity index (χ3n) is 6.56. The van der Waals surface area contributed by atoms with E-state index in [2.05, 4.69) is 112 Å². The second-order valence-electron chi connectivity index (χ2n) is 8.67. The van der Waals surface area contributed by atoms with E-state index < -0.39 is 9.52 Å². The minimum Gasteiger partial charge on any atom is -0.387 e. The maximum absolute atomic E-state index is 3.97. The summed E-state index contributed by atoms with van der Waals surface area (Å²) in [7, 11) is -0.401. The predicted octanol–water partition coefficient (Wildman–Crippen LogP) is 5.29. The van der Waals surface area contributed by atoms with Crippen LogP contribution in [0.3, 0.4) is 0 Å². The Morgan fingerprint density at radius 3 is 2.55 bits per heavy atom. The Kier molecular flexibility index (Phi) is 6.28. The standard InChI is InChI=1S/C27H29BrN2Si/c28-24-14-12-21(13-15-24)26-17-25(30-27(31-26)22-5-2-1-3-6-22)20-10-8-19(9-11-20)23-7-4-16-29-18-23/h2,4-10,12-15,17-18,20,26-27,29-30H,1,3,11,16,31H2. The van der Waals surface area contributed by atoms with Gasteiger partial charge in [0.2, 0.25) is 0 Å². The van der Waals surface area contributed by atoms with Crippen molar-refractivity contribution in [2.75, 3.05) is 6.54 Å². The lowest BCUT2D eigenvalue weighted by Crippen LogP contribution is -2.43. The maximum atomic E-state index is 3.97. The molecule has 2 N–H and O–H groups in total. The largest absolute Gasteiger partial charge is 0.387 e. The molecular weight excluding hydrogens is 460 g/mol. The lowest BCUT2D eigenvalue weighted by Gasteiger charge is -2.35. The molecule has 1 aromatic rings. The summed E-state index contributed by atoms with van der Waals surface area (Å²) in [4.78, 5) is 0. The molecule has 0 saturated carbocycles. The van der Waals surface area contributed by atoms with Gasteiger partial charge >= 0.3 is 0 Å². The van der Waals surface area contributed by atoms with Crippen LogP contribution in [0.2, 0.25) is 0 Å². The van der Waals surface area contributed by atoms with Crippen molar-refractivity contribution < 1.29 is 0 Å². The lowest BCUT2D eigenvalue weighted by atomic mass is 9.89. The Balaban J connectivity index is 1.40. The van der Waals surface area contributed by atoms with E-state index in [0.29, 0.717) is 17.1 Å². The van der Waals surface area contributed by atoms with Crippen LogP contribution in [0.5, 0.6) is 0 Å². The van der Waals surface area contributed by atoms with Crippen molar-refractivity contribution in [2.24, 2.45) is 5.92 Å². The molecule has 0 spiro atoms. The summed E-state index contributed by atoms with van der Waals surface area (Å²) >= 11 is 3.59. The molecule has 0 saturated heterocycles. The van der Waals surface area contributed by atoms with Gasteiger partial charge < -0.3 is 10.6 Å². The molecule has 1 aromatic carbocycles. The van der Waals surface area contributed by atoms with E-state index in [-0.39, 0.29) is 0 Å². The van der Waals surface area contributed by atoms with Crippen LogP contribution in [0.4, 0.5) is 0 Å². The molecule has 0 bridgehead atoms. The fourth-order valence-electron chi connectivity index (χ4n) is 4.85. The molecule has 2 aliphatic heterocycles. The average molecular weight is 490 g/mol. The van der Waals surface area contributed by atoms with E-state index in [4.69, 9.17) is 0 Å². The Labute approximate surface area is 196 Å². The van der Waals surface area contributed by atoms with Gasteiger partial charge in [0.05, 0.1) is 9.52 Å². The summed E-state index contributed by atoms with van der Waals surface area (Å²) in [6.07, 6.45) is 26.7. The van der Waals surface area contributed by atoms with Gasteiger partial charge in [0.25, 0.3) is 0 Å². The van der Waals surface area contributed by atoms with Crippen LogP contribution in [0.1, 0.15) is 30.4 Å². The highest BCUT2D eigenvalue weighted by atomic mass is 79.9. The number of benzene rings is 1. The summed E-state index contributed by atoms with van der Waals surface area (Å²) < 4.78 is 1.15. The number of hydrogen-bond donors (Lipinski definition) is 2. The van der Waals surface area contributed by atoms with Gasteiger partial charge in [0, 0.05) is 34.5 Å². The van der Waals surface area contributed by atoms with Crippen LogP contribution in [-0.2, 0) is 0 Å². The number of allylic oxidation sites excluding steroid dienone is 9. The van der Waals surface area contributed by atoms with Crippen molar-refractivity contribution in [3.8, 4) is 0 Å². The molecule has 3 atom stereocenters. The third-order valence-corrected chi connectivity index (χ3v) is 9.45. The van der Waals surface area contributed by atoms with Crippen molar-refractivity contribution in [2.45, 2.75) is 30.5 Å². The van der Waals surface area contributed by atoms with E-state index in [0.717, 1.165) is 17.4 Å². The molecule has 3 unspecified atom stereocenters. The van der Waals surface area contributed by atoms with E-state index >= 15 is 0 Å². The topological polar surface area (TPSA) is 24.1 Å². The zero-order valence-electron chi connectivity index (χ0n) is 17.7. The molecule has 4 aliphatic rings. The van der Waals surface area contributed by atoms with Crippen molar-refractivity contribution in [1.29, 1.82) is 0 Å². The first-order valence-electron chi connectivity index (χ1n) is 11.4. The molecule has 2 aliphatic carbocycles. The number of hydrogen-bond acceptors (Lipinski definition) is 2. The van der Waals surface area contributed by atoms with Gasteiger partial charge in [-0.25, -0.2) is 0 Å². The quantitative estimate of drug-likeness (QED) is 0.562. The first kappa shape index (κ1) is 20.6. The smallest absolute Gasteiger partial charge is 0.0657 e. The molecule has 0 aromatic heterocycles. The SMILES string of the molecule is Brc1ccc(C2C=C(C3C=CC(C4=CNCC=C4)=CC3)NC(C3=CCCC=C3)[SiH2]2)cc1. The van der Waals surface area contributed by atoms with Crippen molar-refractivity contribution in [3.63, 3.8) is 0 Å². The first-order chi connectivity index (χ1) is 15.3. The first-order valence-corrected chi connectivity index (χ1v) is 13.8. The number of dihydropyridines is 1. The van der Waals surface area contributed by atoms with Crippen LogP contribution >= 0.6 is 15.9 Å². The highest BCUT2D eigenvalue weighted by Gasteiger charge is 2.28. The molecule has 2 heterocycles.